The van der Waals surface area contributed by atoms with Crippen molar-refractivity contribution in [1.29, 1.82) is 0 Å². The van der Waals surface area contributed by atoms with Crippen LogP contribution >= 0.6 is 0 Å². The summed E-state index contributed by atoms with van der Waals surface area (Å²) < 4.78 is 11.4. The van der Waals surface area contributed by atoms with Crippen molar-refractivity contribution >= 4 is 5.91 Å². The Morgan fingerprint density at radius 1 is 1.00 bits per heavy atom. The van der Waals surface area contributed by atoms with Crippen LogP contribution in [0.5, 0.6) is 11.5 Å². The van der Waals surface area contributed by atoms with Crippen LogP contribution in [0.15, 0.2) is 48.5 Å². The number of amides is 1. The van der Waals surface area contributed by atoms with Crippen molar-refractivity contribution in [1.82, 2.24) is 5.32 Å². The van der Waals surface area contributed by atoms with E-state index >= 15 is 0 Å². The highest BCUT2D eigenvalue weighted by molar-refractivity contribution is 5.89. The van der Waals surface area contributed by atoms with Gasteiger partial charge in [0.15, 0.2) is 11.5 Å². The molecule has 0 aliphatic heterocycles. The van der Waals surface area contributed by atoms with E-state index in [1.54, 1.807) is 0 Å². The van der Waals surface area contributed by atoms with E-state index in [4.69, 9.17) is 9.47 Å². The van der Waals surface area contributed by atoms with Gasteiger partial charge in [-0.05, 0) is 56.9 Å². The molecule has 0 aromatic heterocycles. The normalized spacial score (nSPS) is 16.4. The summed E-state index contributed by atoms with van der Waals surface area (Å²) in [7, 11) is 0. The van der Waals surface area contributed by atoms with Crippen molar-refractivity contribution in [3.05, 3.63) is 59.7 Å². The molecule has 2 aromatic carbocycles. The van der Waals surface area contributed by atoms with E-state index in [1.165, 1.54) is 0 Å². The quantitative estimate of drug-likeness (QED) is 0.686. The van der Waals surface area contributed by atoms with Crippen molar-refractivity contribution in [3.63, 3.8) is 0 Å². The van der Waals surface area contributed by atoms with Gasteiger partial charge < -0.3 is 14.8 Å². The molecule has 1 aliphatic carbocycles. The van der Waals surface area contributed by atoms with Crippen LogP contribution in [0, 0.1) is 0 Å². The van der Waals surface area contributed by atoms with Crippen LogP contribution in [0.3, 0.4) is 0 Å². The molecule has 1 amide bonds. The highest BCUT2D eigenvalue weighted by Crippen LogP contribution is 2.42. The number of ether oxygens (including phenoxy) is 2. The first kappa shape index (κ1) is 20.2. The summed E-state index contributed by atoms with van der Waals surface area (Å²) in [6.07, 6.45) is 3.99. The largest absolute Gasteiger partial charge is 0.490 e. The van der Waals surface area contributed by atoms with E-state index in [0.717, 1.165) is 48.3 Å². The Kier molecular flexibility index (Phi) is 6.61. The number of hydrogen-bond donors (Lipinski definition) is 1. The van der Waals surface area contributed by atoms with Gasteiger partial charge in [-0.1, -0.05) is 49.2 Å². The zero-order valence-electron chi connectivity index (χ0n) is 17.2. The van der Waals surface area contributed by atoms with Gasteiger partial charge in [-0.2, -0.15) is 0 Å². The fourth-order valence-corrected chi connectivity index (χ4v) is 4.14. The van der Waals surface area contributed by atoms with E-state index in [1.807, 2.05) is 57.2 Å². The molecule has 0 saturated heterocycles. The summed E-state index contributed by atoms with van der Waals surface area (Å²) >= 11 is 0. The Morgan fingerprint density at radius 3 is 2.29 bits per heavy atom. The Hall–Kier alpha value is -2.49. The van der Waals surface area contributed by atoms with Crippen LogP contribution in [0.4, 0.5) is 0 Å². The molecule has 3 rings (SSSR count). The van der Waals surface area contributed by atoms with Gasteiger partial charge in [0.25, 0.3) is 0 Å². The average molecular weight is 382 g/mol. The van der Waals surface area contributed by atoms with Gasteiger partial charge >= 0.3 is 0 Å². The Bertz CT molecular complexity index is 782. The predicted octanol–water partition coefficient (Wildman–Crippen LogP) is 5.17. The molecule has 0 bridgehead atoms. The minimum absolute atomic E-state index is 0.108. The van der Waals surface area contributed by atoms with Crippen LogP contribution in [0.1, 0.15) is 63.6 Å². The molecule has 1 fully saturated rings. The Labute approximate surface area is 168 Å². The number of carbonyl (C=O) groups is 1. The number of nitrogens with one attached hydrogen (secondary N) is 1. The van der Waals surface area contributed by atoms with Crippen molar-refractivity contribution in [2.45, 2.75) is 57.9 Å². The number of carbonyl (C=O) groups excluding carboxylic acids is 1. The van der Waals surface area contributed by atoms with Crippen LogP contribution in [0.2, 0.25) is 0 Å². The lowest BCUT2D eigenvalue weighted by molar-refractivity contribution is -0.127. The molecule has 1 saturated carbocycles. The van der Waals surface area contributed by atoms with E-state index in [2.05, 4.69) is 17.4 Å². The molecule has 1 atom stereocenters. The van der Waals surface area contributed by atoms with Crippen molar-refractivity contribution < 1.29 is 14.3 Å². The fraction of sp³-hybridized carbons (Fsp3) is 0.458. The molecule has 0 heterocycles. The average Bonchev–Trinajstić information content (AvgIpc) is 3.21. The highest BCUT2D eigenvalue weighted by atomic mass is 16.5. The topological polar surface area (TPSA) is 47.6 Å². The number of hydrogen-bond acceptors (Lipinski definition) is 3. The van der Waals surface area contributed by atoms with Crippen LogP contribution in [-0.2, 0) is 10.2 Å². The lowest BCUT2D eigenvalue weighted by Crippen LogP contribution is -2.43. The predicted molar refractivity (Wildman–Crippen MR) is 112 cm³/mol. The minimum atomic E-state index is -0.413. The van der Waals surface area contributed by atoms with Crippen molar-refractivity contribution in [3.8, 4) is 11.5 Å². The van der Waals surface area contributed by atoms with Crippen LogP contribution in [-0.4, -0.2) is 19.1 Å². The van der Waals surface area contributed by atoms with Crippen molar-refractivity contribution in [2.75, 3.05) is 13.2 Å². The molecule has 2 aromatic rings. The third-order valence-corrected chi connectivity index (χ3v) is 5.63. The lowest BCUT2D eigenvalue weighted by atomic mass is 9.77. The number of rotatable bonds is 8. The van der Waals surface area contributed by atoms with E-state index in [-0.39, 0.29) is 11.9 Å². The zero-order chi connectivity index (χ0) is 20.0. The standard InChI is InChI=1S/C24H31NO3/c1-4-27-21-14-13-19(17-22(21)28-5-2)18(3)25-23(26)24(15-9-10-16-24)20-11-7-6-8-12-20/h6-8,11-14,17-18H,4-5,9-10,15-16H2,1-3H3,(H,25,26). The lowest BCUT2D eigenvalue weighted by Gasteiger charge is -2.30. The van der Waals surface area contributed by atoms with Gasteiger partial charge in [0.1, 0.15) is 0 Å². The summed E-state index contributed by atoms with van der Waals surface area (Å²) in [6, 6.07) is 16.0. The maximum Gasteiger partial charge on any atom is 0.231 e. The summed E-state index contributed by atoms with van der Waals surface area (Å²) in [5.41, 5.74) is 1.73. The summed E-state index contributed by atoms with van der Waals surface area (Å²) in [5.74, 6) is 1.58. The van der Waals surface area contributed by atoms with Crippen molar-refractivity contribution in [2.24, 2.45) is 0 Å². The van der Waals surface area contributed by atoms with Crippen LogP contribution < -0.4 is 14.8 Å². The molecule has 1 N–H and O–H groups in total. The van der Waals surface area contributed by atoms with E-state index in [0.29, 0.717) is 13.2 Å². The monoisotopic (exact) mass is 381 g/mol. The molecule has 4 nitrogen and oxygen atoms in total. The zero-order valence-corrected chi connectivity index (χ0v) is 17.2. The third kappa shape index (κ3) is 4.16. The molecule has 1 unspecified atom stereocenters. The first-order valence-corrected chi connectivity index (χ1v) is 10.4. The molecule has 4 heteroatoms. The summed E-state index contributed by atoms with van der Waals surface area (Å²) in [6.45, 7) is 7.10. The second kappa shape index (κ2) is 9.13. The smallest absolute Gasteiger partial charge is 0.231 e. The first-order chi connectivity index (χ1) is 13.6. The molecule has 0 radical (unpaired) electrons. The van der Waals surface area contributed by atoms with Gasteiger partial charge in [0.05, 0.1) is 24.7 Å². The molecule has 28 heavy (non-hydrogen) atoms. The minimum Gasteiger partial charge on any atom is -0.490 e. The summed E-state index contributed by atoms with van der Waals surface area (Å²) in [4.78, 5) is 13.4. The molecular formula is C24H31NO3. The van der Waals surface area contributed by atoms with Gasteiger partial charge in [-0.25, -0.2) is 0 Å². The van der Waals surface area contributed by atoms with E-state index < -0.39 is 5.41 Å². The third-order valence-electron chi connectivity index (χ3n) is 5.63. The molecule has 0 spiro atoms. The van der Waals surface area contributed by atoms with E-state index in [9.17, 15) is 4.79 Å². The first-order valence-electron chi connectivity index (χ1n) is 10.4. The molecule has 1 aliphatic rings. The number of benzene rings is 2. The second-order valence-electron chi connectivity index (χ2n) is 7.42. The van der Waals surface area contributed by atoms with Gasteiger partial charge in [-0.3, -0.25) is 4.79 Å². The Morgan fingerprint density at radius 2 is 1.64 bits per heavy atom. The maximum atomic E-state index is 13.4. The van der Waals surface area contributed by atoms with Gasteiger partial charge in [-0.15, -0.1) is 0 Å². The Balaban J connectivity index is 1.80. The van der Waals surface area contributed by atoms with Crippen LogP contribution in [0.25, 0.3) is 0 Å². The SMILES string of the molecule is CCOc1ccc(C(C)NC(=O)C2(c3ccccc3)CCCC2)cc1OCC. The second-order valence-corrected chi connectivity index (χ2v) is 7.42. The molecular weight excluding hydrogens is 350 g/mol. The fourth-order valence-electron chi connectivity index (χ4n) is 4.14. The van der Waals surface area contributed by atoms with Gasteiger partial charge in [0.2, 0.25) is 5.91 Å². The molecule has 150 valence electrons. The highest BCUT2D eigenvalue weighted by Gasteiger charge is 2.42. The van der Waals surface area contributed by atoms with Gasteiger partial charge in [0, 0.05) is 0 Å². The summed E-state index contributed by atoms with van der Waals surface area (Å²) in [5, 5.41) is 3.26. The maximum absolute atomic E-state index is 13.4.